The van der Waals surface area contributed by atoms with Crippen molar-refractivity contribution in [2.24, 2.45) is 0 Å². The monoisotopic (exact) mass is 278 g/mol. The van der Waals surface area contributed by atoms with Gasteiger partial charge in [0.1, 0.15) is 11.9 Å². The lowest BCUT2D eigenvalue weighted by Gasteiger charge is -2.08. The molecule has 1 heterocycles. The van der Waals surface area contributed by atoms with E-state index in [9.17, 15) is 5.11 Å². The van der Waals surface area contributed by atoms with Crippen molar-refractivity contribution < 1.29 is 5.11 Å². The number of hydrogen-bond acceptors (Lipinski definition) is 2. The summed E-state index contributed by atoms with van der Waals surface area (Å²) >= 11 is 0. The third-order valence-corrected chi connectivity index (χ3v) is 3.61. The number of benzene rings is 2. The number of hydrogen-bond donors (Lipinski definition) is 2. The van der Waals surface area contributed by atoms with Crippen LogP contribution >= 0.6 is 0 Å². The maximum atomic E-state index is 10.4. The molecule has 2 aromatic carbocycles. The molecule has 21 heavy (non-hydrogen) atoms. The molecular weight excluding hydrogens is 260 g/mol. The zero-order valence-electron chi connectivity index (χ0n) is 12.2. The van der Waals surface area contributed by atoms with Crippen LogP contribution in [0.1, 0.15) is 28.6 Å². The van der Waals surface area contributed by atoms with Crippen LogP contribution in [0.15, 0.2) is 54.7 Å². The van der Waals surface area contributed by atoms with E-state index in [1.54, 1.807) is 6.20 Å². The average Bonchev–Trinajstić information content (AvgIpc) is 2.98. The van der Waals surface area contributed by atoms with Crippen LogP contribution in [0.5, 0.6) is 0 Å². The Morgan fingerprint density at radius 2 is 1.48 bits per heavy atom. The minimum Gasteiger partial charge on any atom is -0.380 e. The summed E-state index contributed by atoms with van der Waals surface area (Å²) in [6.45, 7) is 4.09. The van der Waals surface area contributed by atoms with Crippen molar-refractivity contribution in [2.75, 3.05) is 0 Å². The van der Waals surface area contributed by atoms with Crippen LogP contribution < -0.4 is 0 Å². The van der Waals surface area contributed by atoms with Gasteiger partial charge in [-0.25, -0.2) is 4.98 Å². The number of aliphatic hydroxyl groups excluding tert-OH is 1. The van der Waals surface area contributed by atoms with Gasteiger partial charge in [0.25, 0.3) is 0 Å². The van der Waals surface area contributed by atoms with Gasteiger partial charge in [0.15, 0.2) is 0 Å². The highest BCUT2D eigenvalue weighted by molar-refractivity contribution is 5.58. The Labute approximate surface area is 124 Å². The molecular formula is C18H18N2O. The van der Waals surface area contributed by atoms with Crippen molar-refractivity contribution in [3.05, 3.63) is 77.2 Å². The Bertz CT molecular complexity index is 727. The number of aryl methyl sites for hydroxylation is 2. The van der Waals surface area contributed by atoms with Crippen LogP contribution in [0.3, 0.4) is 0 Å². The summed E-state index contributed by atoms with van der Waals surface area (Å²) in [6, 6.07) is 16.0. The summed E-state index contributed by atoms with van der Waals surface area (Å²) in [5.41, 5.74) is 5.21. The fourth-order valence-electron chi connectivity index (χ4n) is 2.26. The SMILES string of the molecule is Cc1ccc(-c2cnc([C@@H](O)c3ccc(C)cc3)[nH]2)cc1. The highest BCUT2D eigenvalue weighted by Crippen LogP contribution is 2.23. The van der Waals surface area contributed by atoms with Gasteiger partial charge in [0.05, 0.1) is 11.9 Å². The van der Waals surface area contributed by atoms with Crippen molar-refractivity contribution in [3.63, 3.8) is 0 Å². The zero-order valence-corrected chi connectivity index (χ0v) is 12.2. The second kappa shape index (κ2) is 5.54. The van der Waals surface area contributed by atoms with Gasteiger partial charge in [-0.3, -0.25) is 0 Å². The van der Waals surface area contributed by atoms with Crippen molar-refractivity contribution in [1.82, 2.24) is 9.97 Å². The number of rotatable bonds is 3. The van der Waals surface area contributed by atoms with Crippen LogP contribution in [0, 0.1) is 13.8 Å². The molecule has 106 valence electrons. The van der Waals surface area contributed by atoms with E-state index in [4.69, 9.17) is 0 Å². The average molecular weight is 278 g/mol. The molecule has 2 N–H and O–H groups in total. The number of aromatic nitrogens is 2. The molecule has 1 atom stereocenters. The van der Waals surface area contributed by atoms with E-state index in [-0.39, 0.29) is 0 Å². The minimum absolute atomic E-state index is 0.564. The molecule has 0 fully saturated rings. The lowest BCUT2D eigenvalue weighted by molar-refractivity contribution is 0.211. The van der Waals surface area contributed by atoms with E-state index in [0.29, 0.717) is 5.82 Å². The Hall–Kier alpha value is -2.39. The minimum atomic E-state index is -0.732. The van der Waals surface area contributed by atoms with Crippen LogP contribution in [0.25, 0.3) is 11.3 Å². The molecule has 0 aliphatic rings. The van der Waals surface area contributed by atoms with Gasteiger partial charge in [0.2, 0.25) is 0 Å². The lowest BCUT2D eigenvalue weighted by atomic mass is 10.1. The van der Waals surface area contributed by atoms with E-state index < -0.39 is 6.10 Å². The molecule has 0 amide bonds. The molecule has 0 saturated heterocycles. The summed E-state index contributed by atoms with van der Waals surface area (Å²) < 4.78 is 0. The maximum Gasteiger partial charge on any atom is 0.140 e. The van der Waals surface area contributed by atoms with E-state index in [1.807, 2.05) is 43.3 Å². The van der Waals surface area contributed by atoms with Crippen molar-refractivity contribution in [1.29, 1.82) is 0 Å². The second-order valence-electron chi connectivity index (χ2n) is 5.36. The van der Waals surface area contributed by atoms with Crippen LogP contribution in [-0.2, 0) is 0 Å². The maximum absolute atomic E-state index is 10.4. The largest absolute Gasteiger partial charge is 0.380 e. The molecule has 0 saturated carbocycles. The predicted molar refractivity (Wildman–Crippen MR) is 84.0 cm³/mol. The second-order valence-corrected chi connectivity index (χ2v) is 5.36. The summed E-state index contributed by atoms with van der Waals surface area (Å²) in [6.07, 6.45) is 1.03. The molecule has 0 aliphatic carbocycles. The zero-order chi connectivity index (χ0) is 14.8. The Morgan fingerprint density at radius 1 is 0.905 bits per heavy atom. The summed E-state index contributed by atoms with van der Waals surface area (Å²) in [5, 5.41) is 10.4. The van der Waals surface area contributed by atoms with Crippen LogP contribution in [-0.4, -0.2) is 15.1 Å². The quantitative estimate of drug-likeness (QED) is 0.766. The van der Waals surface area contributed by atoms with Crippen molar-refractivity contribution in [3.8, 4) is 11.3 Å². The van der Waals surface area contributed by atoms with Crippen LogP contribution in [0.4, 0.5) is 0 Å². The molecule has 1 aromatic heterocycles. The lowest BCUT2D eigenvalue weighted by Crippen LogP contribution is -2.01. The number of aromatic amines is 1. The van der Waals surface area contributed by atoms with Crippen molar-refractivity contribution in [2.45, 2.75) is 20.0 Å². The molecule has 3 nitrogen and oxygen atoms in total. The third kappa shape index (κ3) is 2.88. The summed E-state index contributed by atoms with van der Waals surface area (Å²) in [4.78, 5) is 7.51. The first-order valence-corrected chi connectivity index (χ1v) is 7.00. The topological polar surface area (TPSA) is 48.9 Å². The first-order valence-electron chi connectivity index (χ1n) is 7.00. The fraction of sp³-hybridized carbons (Fsp3) is 0.167. The number of H-pyrrole nitrogens is 1. The third-order valence-electron chi connectivity index (χ3n) is 3.61. The van der Waals surface area contributed by atoms with Gasteiger partial charge in [-0.2, -0.15) is 0 Å². The highest BCUT2D eigenvalue weighted by atomic mass is 16.3. The van der Waals surface area contributed by atoms with E-state index in [0.717, 1.165) is 16.8 Å². The van der Waals surface area contributed by atoms with Gasteiger partial charge >= 0.3 is 0 Å². The molecule has 3 heteroatoms. The van der Waals surface area contributed by atoms with E-state index in [1.165, 1.54) is 11.1 Å². The number of nitrogens with one attached hydrogen (secondary N) is 1. The summed E-state index contributed by atoms with van der Waals surface area (Å²) in [7, 11) is 0. The molecule has 0 aliphatic heterocycles. The molecule has 3 aromatic rings. The predicted octanol–water partition coefficient (Wildman–Crippen LogP) is 3.78. The van der Waals surface area contributed by atoms with Gasteiger partial charge < -0.3 is 10.1 Å². The van der Waals surface area contributed by atoms with Gasteiger partial charge in [-0.15, -0.1) is 0 Å². The van der Waals surface area contributed by atoms with Crippen LogP contribution in [0.2, 0.25) is 0 Å². The molecule has 0 radical (unpaired) electrons. The number of imidazole rings is 1. The van der Waals surface area contributed by atoms with Gasteiger partial charge in [-0.05, 0) is 25.0 Å². The number of aliphatic hydroxyl groups is 1. The van der Waals surface area contributed by atoms with Crippen molar-refractivity contribution >= 4 is 0 Å². The highest BCUT2D eigenvalue weighted by Gasteiger charge is 2.14. The standard InChI is InChI=1S/C18H18N2O/c1-12-3-7-14(8-4-12)16-11-19-18(20-16)17(21)15-9-5-13(2)6-10-15/h3-11,17,21H,1-2H3,(H,19,20)/t17-/m0/s1. The van der Waals surface area contributed by atoms with E-state index in [2.05, 4.69) is 29.0 Å². The first-order chi connectivity index (χ1) is 10.1. The molecule has 0 unspecified atom stereocenters. The molecule has 3 rings (SSSR count). The smallest absolute Gasteiger partial charge is 0.140 e. The van der Waals surface area contributed by atoms with Gasteiger partial charge in [-0.1, -0.05) is 59.7 Å². The Kier molecular flexibility index (Phi) is 3.59. The Morgan fingerprint density at radius 3 is 2.10 bits per heavy atom. The normalized spacial score (nSPS) is 12.3. The molecule has 0 bridgehead atoms. The number of nitrogens with zero attached hydrogens (tertiary/aromatic N) is 1. The van der Waals surface area contributed by atoms with E-state index >= 15 is 0 Å². The molecule has 0 spiro atoms. The summed E-state index contributed by atoms with van der Waals surface area (Å²) in [5.74, 6) is 0.564. The fourth-order valence-corrected chi connectivity index (χ4v) is 2.26. The Balaban J connectivity index is 1.87. The first kappa shape index (κ1) is 13.6. The van der Waals surface area contributed by atoms with Gasteiger partial charge in [0, 0.05) is 0 Å².